The molecule has 0 saturated heterocycles. The second-order valence-corrected chi connectivity index (χ2v) is 4.45. The summed E-state index contributed by atoms with van der Waals surface area (Å²) >= 11 is 5.74. The van der Waals surface area contributed by atoms with E-state index in [1.165, 1.54) is 39.2 Å². The van der Waals surface area contributed by atoms with E-state index < -0.39 is 0 Å². The van der Waals surface area contributed by atoms with Crippen molar-refractivity contribution in [2.24, 2.45) is 0 Å². The first-order valence-corrected chi connectivity index (χ1v) is 6.83. The largest absolute Gasteiger partial charge is 0.467 e. The van der Waals surface area contributed by atoms with Gasteiger partial charge in [-0.15, -0.1) is 0 Å². The molecule has 1 heterocycles. The smallest absolute Gasteiger partial charge is 0.322 e. The van der Waals surface area contributed by atoms with Gasteiger partial charge < -0.3 is 10.1 Å². The number of hydrogen-bond acceptors (Lipinski definition) is 5. The summed E-state index contributed by atoms with van der Waals surface area (Å²) < 4.78 is 4.92. The Morgan fingerprint density at radius 3 is 2.50 bits per heavy atom. The molecular weight excluding hydrogens is 252 g/mol. The van der Waals surface area contributed by atoms with Crippen LogP contribution in [0.2, 0.25) is 5.28 Å². The molecule has 1 aromatic rings. The minimum absolute atomic E-state index is 0.146. The lowest BCUT2D eigenvalue weighted by atomic mass is 10.1. The third-order valence-electron chi connectivity index (χ3n) is 2.58. The Hall–Kier alpha value is -1.10. The van der Waals surface area contributed by atoms with Gasteiger partial charge in [0.2, 0.25) is 11.2 Å². The molecule has 0 aliphatic rings. The van der Waals surface area contributed by atoms with Gasteiger partial charge in [0.05, 0.1) is 7.11 Å². The van der Waals surface area contributed by atoms with E-state index >= 15 is 0 Å². The molecule has 0 aliphatic carbocycles. The number of unbranched alkanes of at least 4 members (excludes halogenated alkanes) is 5. The van der Waals surface area contributed by atoms with Crippen molar-refractivity contribution in [1.82, 2.24) is 15.0 Å². The maximum Gasteiger partial charge on any atom is 0.322 e. The first kappa shape index (κ1) is 15.0. The average molecular weight is 273 g/mol. The third-order valence-corrected chi connectivity index (χ3v) is 2.75. The topological polar surface area (TPSA) is 59.9 Å². The number of methoxy groups -OCH3 is 1. The molecule has 1 aromatic heterocycles. The van der Waals surface area contributed by atoms with Gasteiger partial charge in [0.15, 0.2) is 0 Å². The summed E-state index contributed by atoms with van der Waals surface area (Å²) in [6.45, 7) is 3.06. The van der Waals surface area contributed by atoms with E-state index in [1.54, 1.807) is 0 Å². The van der Waals surface area contributed by atoms with Crippen LogP contribution in [0.25, 0.3) is 0 Å². The quantitative estimate of drug-likeness (QED) is 0.699. The van der Waals surface area contributed by atoms with Crippen LogP contribution in [-0.4, -0.2) is 28.6 Å². The molecule has 0 spiro atoms. The van der Waals surface area contributed by atoms with Crippen molar-refractivity contribution >= 4 is 17.5 Å². The maximum absolute atomic E-state index is 5.74. The summed E-state index contributed by atoms with van der Waals surface area (Å²) in [7, 11) is 1.50. The highest BCUT2D eigenvalue weighted by atomic mass is 35.5. The number of nitrogens with zero attached hydrogens (tertiary/aromatic N) is 3. The van der Waals surface area contributed by atoms with Crippen molar-refractivity contribution in [3.8, 4) is 6.01 Å². The maximum atomic E-state index is 5.74. The van der Waals surface area contributed by atoms with Gasteiger partial charge in [-0.2, -0.15) is 15.0 Å². The molecule has 18 heavy (non-hydrogen) atoms. The normalized spacial score (nSPS) is 10.4. The van der Waals surface area contributed by atoms with Crippen LogP contribution >= 0.6 is 11.6 Å². The Morgan fingerprint density at radius 1 is 1.06 bits per heavy atom. The van der Waals surface area contributed by atoms with E-state index in [4.69, 9.17) is 16.3 Å². The van der Waals surface area contributed by atoms with Crippen LogP contribution in [0.1, 0.15) is 45.4 Å². The van der Waals surface area contributed by atoms with Crippen molar-refractivity contribution < 1.29 is 4.74 Å². The zero-order valence-corrected chi connectivity index (χ0v) is 11.8. The van der Waals surface area contributed by atoms with Crippen LogP contribution in [0.3, 0.4) is 0 Å². The van der Waals surface area contributed by atoms with E-state index in [1.807, 2.05) is 0 Å². The van der Waals surface area contributed by atoms with E-state index in [2.05, 4.69) is 27.2 Å². The van der Waals surface area contributed by atoms with E-state index in [0.717, 1.165) is 13.0 Å². The minimum Gasteiger partial charge on any atom is -0.467 e. The Kier molecular flexibility index (Phi) is 7.41. The summed E-state index contributed by atoms with van der Waals surface area (Å²) in [6, 6.07) is 0.237. The van der Waals surface area contributed by atoms with Crippen molar-refractivity contribution in [2.75, 3.05) is 19.0 Å². The van der Waals surface area contributed by atoms with Crippen molar-refractivity contribution in [1.29, 1.82) is 0 Å². The third kappa shape index (κ3) is 6.00. The van der Waals surface area contributed by atoms with Crippen LogP contribution in [0.5, 0.6) is 6.01 Å². The lowest BCUT2D eigenvalue weighted by Crippen LogP contribution is -2.07. The molecule has 0 bridgehead atoms. The molecule has 0 fully saturated rings. The molecule has 1 rings (SSSR count). The molecule has 0 unspecified atom stereocenters. The highest BCUT2D eigenvalue weighted by Crippen LogP contribution is 2.11. The molecule has 0 radical (unpaired) electrons. The molecule has 6 heteroatoms. The average Bonchev–Trinajstić information content (AvgIpc) is 2.37. The number of nitrogens with one attached hydrogen (secondary N) is 1. The summed E-state index contributed by atoms with van der Waals surface area (Å²) in [5.74, 6) is 0.473. The molecule has 5 nitrogen and oxygen atoms in total. The summed E-state index contributed by atoms with van der Waals surface area (Å²) in [4.78, 5) is 11.9. The highest BCUT2D eigenvalue weighted by Gasteiger charge is 2.03. The Morgan fingerprint density at radius 2 is 1.78 bits per heavy atom. The molecule has 0 atom stereocenters. The van der Waals surface area contributed by atoms with Gasteiger partial charge in [-0.3, -0.25) is 0 Å². The summed E-state index contributed by atoms with van der Waals surface area (Å²) in [5.41, 5.74) is 0. The van der Waals surface area contributed by atoms with Crippen LogP contribution < -0.4 is 10.1 Å². The molecule has 0 aromatic carbocycles. The number of anilines is 1. The van der Waals surface area contributed by atoms with Crippen LogP contribution in [-0.2, 0) is 0 Å². The fourth-order valence-corrected chi connectivity index (χ4v) is 1.76. The van der Waals surface area contributed by atoms with Gasteiger partial charge in [-0.25, -0.2) is 0 Å². The lowest BCUT2D eigenvalue weighted by Gasteiger charge is -2.05. The lowest BCUT2D eigenvalue weighted by molar-refractivity contribution is 0.379. The Labute approximate surface area is 113 Å². The number of aromatic nitrogens is 3. The molecule has 0 amide bonds. The SMILES string of the molecule is CCCCCCCCNc1nc(Cl)nc(OC)n1. The van der Waals surface area contributed by atoms with Gasteiger partial charge in [0, 0.05) is 6.54 Å². The monoisotopic (exact) mass is 272 g/mol. The van der Waals surface area contributed by atoms with Crippen molar-refractivity contribution in [2.45, 2.75) is 45.4 Å². The zero-order chi connectivity index (χ0) is 13.2. The van der Waals surface area contributed by atoms with Gasteiger partial charge >= 0.3 is 6.01 Å². The van der Waals surface area contributed by atoms with Gasteiger partial charge in [-0.05, 0) is 18.0 Å². The van der Waals surface area contributed by atoms with Gasteiger partial charge in [-0.1, -0.05) is 39.0 Å². The van der Waals surface area contributed by atoms with Crippen LogP contribution in [0.4, 0.5) is 5.95 Å². The minimum atomic E-state index is 0.146. The van der Waals surface area contributed by atoms with Crippen LogP contribution in [0.15, 0.2) is 0 Å². The van der Waals surface area contributed by atoms with Gasteiger partial charge in [0.25, 0.3) is 0 Å². The molecule has 102 valence electrons. The Bertz CT molecular complexity index is 349. The fraction of sp³-hybridized carbons (Fsp3) is 0.750. The number of ether oxygens (including phenoxy) is 1. The predicted octanol–water partition coefficient (Wildman–Crippen LogP) is 3.31. The van der Waals surface area contributed by atoms with E-state index in [0.29, 0.717) is 5.95 Å². The summed E-state index contributed by atoms with van der Waals surface area (Å²) in [5, 5.41) is 3.27. The standard InChI is InChI=1S/C12H21ClN4O/c1-3-4-5-6-7-8-9-14-11-15-10(13)16-12(17-11)18-2/h3-9H2,1-2H3,(H,14,15,16,17). The van der Waals surface area contributed by atoms with E-state index in [9.17, 15) is 0 Å². The van der Waals surface area contributed by atoms with E-state index in [-0.39, 0.29) is 11.3 Å². The number of hydrogen-bond donors (Lipinski definition) is 1. The molecular formula is C12H21ClN4O. The van der Waals surface area contributed by atoms with Crippen molar-refractivity contribution in [3.63, 3.8) is 0 Å². The zero-order valence-electron chi connectivity index (χ0n) is 11.1. The highest BCUT2D eigenvalue weighted by molar-refractivity contribution is 6.28. The molecule has 0 saturated carbocycles. The second-order valence-electron chi connectivity index (χ2n) is 4.11. The van der Waals surface area contributed by atoms with Crippen LogP contribution in [0, 0.1) is 0 Å². The fourth-order valence-electron chi connectivity index (χ4n) is 1.61. The Balaban J connectivity index is 2.20. The second kappa shape index (κ2) is 8.91. The number of halogens is 1. The molecule has 0 aliphatic heterocycles. The first-order valence-electron chi connectivity index (χ1n) is 6.45. The first-order chi connectivity index (χ1) is 8.76. The number of rotatable bonds is 9. The predicted molar refractivity (Wildman–Crippen MR) is 73.3 cm³/mol. The van der Waals surface area contributed by atoms with Gasteiger partial charge in [0.1, 0.15) is 0 Å². The summed E-state index contributed by atoms with van der Waals surface area (Å²) in [6.07, 6.45) is 7.55. The van der Waals surface area contributed by atoms with Crippen molar-refractivity contribution in [3.05, 3.63) is 5.28 Å². The molecule has 1 N–H and O–H groups in total.